The molecule has 9 heteroatoms. The van der Waals surface area contributed by atoms with E-state index in [1.54, 1.807) is 6.92 Å². The van der Waals surface area contributed by atoms with E-state index in [-0.39, 0.29) is 0 Å². The molecule has 0 radical (unpaired) electrons. The van der Waals surface area contributed by atoms with Crippen LogP contribution in [0, 0.1) is 0 Å². The lowest BCUT2D eigenvalue weighted by molar-refractivity contribution is -0.136. The molecule has 0 aliphatic heterocycles. The molecule has 1 aliphatic rings. The number of fused-ring (bicyclic) bond motifs is 1. The average molecular weight is 492 g/mol. The maximum atomic E-state index is 12.4. The van der Waals surface area contributed by atoms with Crippen molar-refractivity contribution in [1.82, 2.24) is 5.43 Å². The van der Waals surface area contributed by atoms with Gasteiger partial charge in [-0.15, -0.1) is 11.3 Å². The van der Waals surface area contributed by atoms with Gasteiger partial charge in [-0.3, -0.25) is 9.59 Å². The number of methoxy groups -OCH3 is 1. The van der Waals surface area contributed by atoms with E-state index < -0.39 is 17.8 Å². The summed E-state index contributed by atoms with van der Waals surface area (Å²) in [6.07, 6.45) is 2.54. The maximum Gasteiger partial charge on any atom is 0.341 e. The van der Waals surface area contributed by atoms with E-state index in [1.165, 1.54) is 18.4 Å². The van der Waals surface area contributed by atoms with E-state index in [4.69, 9.17) is 9.47 Å². The second kappa shape index (κ2) is 11.0. The lowest BCUT2D eigenvalue weighted by Crippen LogP contribution is -2.33. The highest BCUT2D eigenvalue weighted by atomic mass is 32.1. The first-order valence-corrected chi connectivity index (χ1v) is 11.9. The quantitative estimate of drug-likeness (QED) is 0.224. The molecule has 0 atom stereocenters. The molecule has 0 fully saturated rings. The van der Waals surface area contributed by atoms with Crippen LogP contribution in [0.1, 0.15) is 45.3 Å². The Morgan fingerprint density at radius 1 is 1.00 bits per heavy atom. The Bertz CT molecular complexity index is 1270. The maximum absolute atomic E-state index is 12.4. The van der Waals surface area contributed by atoms with Crippen molar-refractivity contribution in [3.8, 4) is 5.75 Å². The Hall–Kier alpha value is -3.98. The fourth-order valence-electron chi connectivity index (χ4n) is 3.75. The average Bonchev–Trinajstić information content (AvgIpc) is 3.47. The summed E-state index contributed by atoms with van der Waals surface area (Å²) in [5.41, 5.74) is 5.85. The fraction of sp³-hybridized carbons (Fsp3) is 0.231. The van der Waals surface area contributed by atoms with Crippen molar-refractivity contribution in [2.24, 2.45) is 5.10 Å². The molecule has 2 amide bonds. The Morgan fingerprint density at radius 3 is 2.46 bits per heavy atom. The van der Waals surface area contributed by atoms with Crippen LogP contribution in [0.25, 0.3) is 0 Å². The first-order chi connectivity index (χ1) is 17.0. The second-order valence-electron chi connectivity index (χ2n) is 7.94. The Kier molecular flexibility index (Phi) is 7.57. The number of thiophene rings is 1. The molecule has 1 heterocycles. The van der Waals surface area contributed by atoms with Crippen molar-refractivity contribution in [3.05, 3.63) is 81.7 Å². The van der Waals surface area contributed by atoms with E-state index in [0.717, 1.165) is 40.8 Å². The smallest absolute Gasteiger partial charge is 0.341 e. The van der Waals surface area contributed by atoms with Gasteiger partial charge >= 0.3 is 17.8 Å². The standard InChI is InChI=1S/C26H25N3O5S/c1-16(18-11-13-19(14-12-18)34-15-17-7-4-3-5-8-17)28-29-24(31)23(30)27-25-22(26(32)33-2)20-9-6-10-21(20)35-25/h3-5,7-8,11-14H,6,9-10,15H2,1-2H3,(H,27,30)(H,29,31). The van der Waals surface area contributed by atoms with E-state index in [0.29, 0.717) is 28.6 Å². The monoisotopic (exact) mass is 491 g/mol. The van der Waals surface area contributed by atoms with Crippen LogP contribution in [0.5, 0.6) is 5.75 Å². The zero-order valence-electron chi connectivity index (χ0n) is 19.4. The van der Waals surface area contributed by atoms with Gasteiger partial charge in [0.1, 0.15) is 17.4 Å². The minimum Gasteiger partial charge on any atom is -0.489 e. The van der Waals surface area contributed by atoms with Crippen LogP contribution in [-0.2, 0) is 33.8 Å². The van der Waals surface area contributed by atoms with Crippen LogP contribution < -0.4 is 15.5 Å². The summed E-state index contributed by atoms with van der Waals surface area (Å²) in [4.78, 5) is 38.0. The molecule has 1 aromatic heterocycles. The highest BCUT2D eigenvalue weighted by Gasteiger charge is 2.29. The number of amides is 2. The van der Waals surface area contributed by atoms with Gasteiger partial charge in [0.15, 0.2) is 0 Å². The lowest BCUT2D eigenvalue weighted by Gasteiger charge is -2.08. The van der Waals surface area contributed by atoms with E-state index >= 15 is 0 Å². The van der Waals surface area contributed by atoms with Crippen molar-refractivity contribution in [1.29, 1.82) is 0 Å². The Morgan fingerprint density at radius 2 is 1.74 bits per heavy atom. The Labute approximate surface area is 207 Å². The minimum atomic E-state index is -0.934. The largest absolute Gasteiger partial charge is 0.489 e. The topological polar surface area (TPSA) is 106 Å². The molecular weight excluding hydrogens is 466 g/mol. The molecule has 0 bridgehead atoms. The Balaban J connectivity index is 1.34. The predicted octanol–water partition coefficient (Wildman–Crippen LogP) is 4.08. The number of hydrazone groups is 1. The van der Waals surface area contributed by atoms with Gasteiger partial charge in [0.2, 0.25) is 0 Å². The van der Waals surface area contributed by atoms with Crippen molar-refractivity contribution in [2.45, 2.75) is 32.8 Å². The first kappa shape index (κ1) is 24.2. The van der Waals surface area contributed by atoms with E-state index in [9.17, 15) is 14.4 Å². The van der Waals surface area contributed by atoms with Crippen LogP contribution in [-0.4, -0.2) is 30.6 Å². The molecular formula is C26H25N3O5S. The second-order valence-corrected chi connectivity index (χ2v) is 9.05. The van der Waals surface area contributed by atoms with Gasteiger partial charge in [-0.05, 0) is 67.1 Å². The van der Waals surface area contributed by atoms with Crippen LogP contribution in [0.4, 0.5) is 5.00 Å². The molecule has 1 aliphatic carbocycles. The molecule has 2 aromatic carbocycles. The summed E-state index contributed by atoms with van der Waals surface area (Å²) in [5.74, 6) is -1.66. The van der Waals surface area contributed by atoms with Gasteiger partial charge in [0.05, 0.1) is 18.4 Å². The summed E-state index contributed by atoms with van der Waals surface area (Å²) in [6.45, 7) is 2.18. The zero-order chi connectivity index (χ0) is 24.8. The number of aryl methyl sites for hydroxylation is 1. The predicted molar refractivity (Wildman–Crippen MR) is 134 cm³/mol. The summed E-state index contributed by atoms with van der Waals surface area (Å²) < 4.78 is 10.6. The molecule has 180 valence electrons. The van der Waals surface area contributed by atoms with Crippen molar-refractivity contribution in [3.63, 3.8) is 0 Å². The molecule has 0 saturated heterocycles. The van der Waals surface area contributed by atoms with Crippen LogP contribution in [0.15, 0.2) is 59.7 Å². The molecule has 0 unspecified atom stereocenters. The van der Waals surface area contributed by atoms with Gasteiger partial charge < -0.3 is 14.8 Å². The highest BCUT2D eigenvalue weighted by Crippen LogP contribution is 2.39. The van der Waals surface area contributed by atoms with Gasteiger partial charge in [-0.25, -0.2) is 10.2 Å². The van der Waals surface area contributed by atoms with Crippen molar-refractivity contribution >= 4 is 39.8 Å². The number of hydrogen-bond acceptors (Lipinski definition) is 7. The number of carbonyl (C=O) groups excluding carboxylic acids is 3. The zero-order valence-corrected chi connectivity index (χ0v) is 20.2. The fourth-order valence-corrected chi connectivity index (χ4v) is 5.03. The van der Waals surface area contributed by atoms with Crippen LogP contribution in [0.3, 0.4) is 0 Å². The number of carbonyl (C=O) groups is 3. The molecule has 2 N–H and O–H groups in total. The summed E-state index contributed by atoms with van der Waals surface area (Å²) in [7, 11) is 1.29. The number of anilines is 1. The number of nitrogens with one attached hydrogen (secondary N) is 2. The molecule has 8 nitrogen and oxygen atoms in total. The highest BCUT2D eigenvalue weighted by molar-refractivity contribution is 7.17. The summed E-state index contributed by atoms with van der Waals surface area (Å²) in [5, 5.41) is 6.89. The van der Waals surface area contributed by atoms with Crippen LogP contribution >= 0.6 is 11.3 Å². The normalized spacial score (nSPS) is 12.6. The van der Waals surface area contributed by atoms with Gasteiger partial charge in [-0.2, -0.15) is 5.10 Å². The van der Waals surface area contributed by atoms with Gasteiger partial charge in [0, 0.05) is 4.88 Å². The molecule has 0 spiro atoms. The molecule has 3 aromatic rings. The molecule has 35 heavy (non-hydrogen) atoms. The van der Waals surface area contributed by atoms with Gasteiger partial charge in [0.25, 0.3) is 0 Å². The number of esters is 1. The van der Waals surface area contributed by atoms with Crippen LogP contribution in [0.2, 0.25) is 0 Å². The number of hydrogen-bond donors (Lipinski definition) is 2. The lowest BCUT2D eigenvalue weighted by atomic mass is 10.1. The summed E-state index contributed by atoms with van der Waals surface area (Å²) >= 11 is 1.30. The van der Waals surface area contributed by atoms with E-state index in [2.05, 4.69) is 15.8 Å². The van der Waals surface area contributed by atoms with E-state index in [1.807, 2.05) is 54.6 Å². The third kappa shape index (κ3) is 5.75. The van der Waals surface area contributed by atoms with Crippen molar-refractivity contribution in [2.75, 3.05) is 12.4 Å². The number of nitrogens with zero attached hydrogens (tertiary/aromatic N) is 1. The number of benzene rings is 2. The third-order valence-corrected chi connectivity index (χ3v) is 6.80. The SMILES string of the molecule is COC(=O)c1c(NC(=O)C(=O)NN=C(C)c2ccc(OCc3ccccc3)cc2)sc2c1CCC2. The number of ether oxygens (including phenoxy) is 2. The molecule has 0 saturated carbocycles. The number of rotatable bonds is 7. The summed E-state index contributed by atoms with van der Waals surface area (Å²) in [6, 6.07) is 17.1. The third-order valence-electron chi connectivity index (χ3n) is 5.59. The van der Waals surface area contributed by atoms with Gasteiger partial charge in [-0.1, -0.05) is 30.3 Å². The molecule has 4 rings (SSSR count). The first-order valence-electron chi connectivity index (χ1n) is 11.1. The van der Waals surface area contributed by atoms with Crippen molar-refractivity contribution < 1.29 is 23.9 Å². The minimum absolute atomic E-state index is 0.327.